The summed E-state index contributed by atoms with van der Waals surface area (Å²) < 4.78 is 12.9. The Morgan fingerprint density at radius 2 is 2.05 bits per heavy atom. The molecule has 0 aliphatic heterocycles. The molecule has 1 aromatic carbocycles. The second-order valence-electron chi connectivity index (χ2n) is 4.58. The Morgan fingerprint density at radius 3 is 2.70 bits per heavy atom. The van der Waals surface area contributed by atoms with Gasteiger partial charge in [-0.15, -0.1) is 11.3 Å². The molecule has 1 N–H and O–H groups in total. The van der Waals surface area contributed by atoms with Crippen LogP contribution in [0.15, 0.2) is 24.3 Å². The Morgan fingerprint density at radius 1 is 1.35 bits per heavy atom. The van der Waals surface area contributed by atoms with Crippen LogP contribution in [-0.4, -0.2) is 10.9 Å². The molecule has 0 spiro atoms. The van der Waals surface area contributed by atoms with Gasteiger partial charge < -0.3 is 5.32 Å². The molecule has 106 valence electrons. The molecular weight excluding hydrogens is 275 g/mol. The van der Waals surface area contributed by atoms with Gasteiger partial charge in [0.1, 0.15) is 5.82 Å². The van der Waals surface area contributed by atoms with E-state index >= 15 is 0 Å². The Balaban J connectivity index is 2.13. The van der Waals surface area contributed by atoms with Crippen LogP contribution < -0.4 is 5.32 Å². The number of hydrogen-bond donors (Lipinski definition) is 1. The molecule has 0 aliphatic carbocycles. The van der Waals surface area contributed by atoms with Crippen LogP contribution in [0.2, 0.25) is 0 Å². The van der Waals surface area contributed by atoms with E-state index in [1.807, 2.05) is 13.8 Å². The second-order valence-corrected chi connectivity index (χ2v) is 5.79. The molecule has 0 atom stereocenters. The number of hydrogen-bond acceptors (Lipinski definition) is 3. The van der Waals surface area contributed by atoms with Crippen molar-refractivity contribution in [2.24, 2.45) is 0 Å². The van der Waals surface area contributed by atoms with Gasteiger partial charge in [0.05, 0.1) is 5.69 Å². The summed E-state index contributed by atoms with van der Waals surface area (Å²) in [6.45, 7) is 3.99. The van der Waals surface area contributed by atoms with Crippen molar-refractivity contribution in [2.45, 2.75) is 33.1 Å². The van der Waals surface area contributed by atoms with Gasteiger partial charge in [0.15, 0.2) is 5.13 Å². The van der Waals surface area contributed by atoms with E-state index in [4.69, 9.17) is 0 Å². The third-order valence-electron chi connectivity index (χ3n) is 2.92. The van der Waals surface area contributed by atoms with Gasteiger partial charge in [-0.25, -0.2) is 9.37 Å². The van der Waals surface area contributed by atoms with Crippen LogP contribution in [0.1, 0.15) is 31.1 Å². The van der Waals surface area contributed by atoms with Crippen LogP contribution in [0.3, 0.4) is 0 Å². The number of benzene rings is 1. The third-order valence-corrected chi connectivity index (χ3v) is 3.80. The first-order valence-corrected chi connectivity index (χ1v) is 7.45. The SMILES string of the molecule is CCCCC(=O)Nc1nc(-c2ccc(F)cc2)c(C)s1. The first-order valence-electron chi connectivity index (χ1n) is 6.63. The average molecular weight is 292 g/mol. The zero-order valence-corrected chi connectivity index (χ0v) is 12.4. The van der Waals surface area contributed by atoms with E-state index in [0.29, 0.717) is 11.6 Å². The number of carbonyl (C=O) groups is 1. The Bertz CT molecular complexity index is 592. The monoisotopic (exact) mass is 292 g/mol. The van der Waals surface area contributed by atoms with Crippen molar-refractivity contribution in [3.8, 4) is 11.3 Å². The molecular formula is C15H17FN2OS. The molecule has 5 heteroatoms. The van der Waals surface area contributed by atoms with Crippen molar-refractivity contribution < 1.29 is 9.18 Å². The van der Waals surface area contributed by atoms with Crippen LogP contribution in [0.5, 0.6) is 0 Å². The van der Waals surface area contributed by atoms with Crippen molar-refractivity contribution in [3.05, 3.63) is 35.0 Å². The van der Waals surface area contributed by atoms with E-state index in [1.54, 1.807) is 12.1 Å². The second kappa shape index (κ2) is 6.61. The van der Waals surface area contributed by atoms with E-state index in [1.165, 1.54) is 23.5 Å². The number of aromatic nitrogens is 1. The lowest BCUT2D eigenvalue weighted by Gasteiger charge is -2.00. The maximum absolute atomic E-state index is 12.9. The average Bonchev–Trinajstić information content (AvgIpc) is 2.78. The fraction of sp³-hybridized carbons (Fsp3) is 0.333. The highest BCUT2D eigenvalue weighted by Gasteiger charge is 2.11. The summed E-state index contributed by atoms with van der Waals surface area (Å²) in [6, 6.07) is 6.21. The van der Waals surface area contributed by atoms with Gasteiger partial charge >= 0.3 is 0 Å². The predicted octanol–water partition coefficient (Wildman–Crippen LogP) is 4.39. The van der Waals surface area contributed by atoms with Crippen LogP contribution in [0.25, 0.3) is 11.3 Å². The molecule has 0 saturated heterocycles. The molecule has 1 aromatic heterocycles. The summed E-state index contributed by atoms with van der Waals surface area (Å²) in [4.78, 5) is 17.1. The first-order chi connectivity index (χ1) is 9.60. The van der Waals surface area contributed by atoms with Gasteiger partial charge in [0.2, 0.25) is 5.91 Å². The lowest BCUT2D eigenvalue weighted by molar-refractivity contribution is -0.116. The molecule has 0 fully saturated rings. The van der Waals surface area contributed by atoms with E-state index in [0.717, 1.165) is 29.0 Å². The Kier molecular flexibility index (Phi) is 4.84. The van der Waals surface area contributed by atoms with Gasteiger partial charge in [-0.05, 0) is 37.6 Å². The van der Waals surface area contributed by atoms with Crippen molar-refractivity contribution in [1.82, 2.24) is 4.98 Å². The van der Waals surface area contributed by atoms with Gasteiger partial charge in [-0.1, -0.05) is 13.3 Å². The van der Waals surface area contributed by atoms with Crippen LogP contribution in [0.4, 0.5) is 9.52 Å². The molecule has 2 rings (SSSR count). The topological polar surface area (TPSA) is 42.0 Å². The fourth-order valence-electron chi connectivity index (χ4n) is 1.84. The zero-order chi connectivity index (χ0) is 14.5. The van der Waals surface area contributed by atoms with E-state index in [9.17, 15) is 9.18 Å². The minimum atomic E-state index is -0.269. The summed E-state index contributed by atoms with van der Waals surface area (Å²) >= 11 is 1.44. The molecule has 1 heterocycles. The first kappa shape index (κ1) is 14.7. The number of amides is 1. The highest BCUT2D eigenvalue weighted by Crippen LogP contribution is 2.30. The number of nitrogens with zero attached hydrogens (tertiary/aromatic N) is 1. The molecule has 0 bridgehead atoms. The van der Waals surface area contributed by atoms with Crippen LogP contribution in [0, 0.1) is 12.7 Å². The quantitative estimate of drug-likeness (QED) is 0.888. The maximum Gasteiger partial charge on any atom is 0.226 e. The number of anilines is 1. The summed E-state index contributed by atoms with van der Waals surface area (Å²) in [5, 5.41) is 3.41. The highest BCUT2D eigenvalue weighted by atomic mass is 32.1. The summed E-state index contributed by atoms with van der Waals surface area (Å²) in [6.07, 6.45) is 2.38. The van der Waals surface area contributed by atoms with Crippen molar-refractivity contribution >= 4 is 22.4 Å². The van der Waals surface area contributed by atoms with Gasteiger partial charge in [0.25, 0.3) is 0 Å². The summed E-state index contributed by atoms with van der Waals surface area (Å²) in [5.41, 5.74) is 1.65. The number of unbranched alkanes of at least 4 members (excludes halogenated alkanes) is 1. The minimum absolute atomic E-state index is 0.00810. The fourth-order valence-corrected chi connectivity index (χ4v) is 2.70. The Labute approximate surface area is 121 Å². The lowest BCUT2D eigenvalue weighted by atomic mass is 10.1. The van der Waals surface area contributed by atoms with Crippen molar-refractivity contribution in [3.63, 3.8) is 0 Å². The van der Waals surface area contributed by atoms with Crippen LogP contribution >= 0.6 is 11.3 Å². The number of nitrogens with one attached hydrogen (secondary N) is 1. The van der Waals surface area contributed by atoms with E-state index in [2.05, 4.69) is 10.3 Å². The third kappa shape index (κ3) is 3.63. The molecule has 0 saturated carbocycles. The van der Waals surface area contributed by atoms with Gasteiger partial charge in [0, 0.05) is 16.9 Å². The normalized spacial score (nSPS) is 10.6. The standard InChI is InChI=1S/C15H17FN2OS/c1-3-4-5-13(19)17-15-18-14(10(2)20-15)11-6-8-12(16)9-7-11/h6-9H,3-5H2,1-2H3,(H,17,18,19). The number of rotatable bonds is 5. The smallest absolute Gasteiger partial charge is 0.226 e. The molecule has 20 heavy (non-hydrogen) atoms. The molecule has 2 aromatic rings. The zero-order valence-electron chi connectivity index (χ0n) is 11.6. The predicted molar refractivity (Wildman–Crippen MR) is 80.4 cm³/mol. The summed E-state index contributed by atoms with van der Waals surface area (Å²) in [5.74, 6) is -0.277. The number of halogens is 1. The number of thiazole rings is 1. The summed E-state index contributed by atoms with van der Waals surface area (Å²) in [7, 11) is 0. The lowest BCUT2D eigenvalue weighted by Crippen LogP contribution is -2.10. The highest BCUT2D eigenvalue weighted by molar-refractivity contribution is 7.16. The van der Waals surface area contributed by atoms with Crippen molar-refractivity contribution in [1.29, 1.82) is 0 Å². The van der Waals surface area contributed by atoms with Gasteiger partial charge in [-0.2, -0.15) is 0 Å². The molecule has 1 amide bonds. The van der Waals surface area contributed by atoms with Crippen molar-refractivity contribution in [2.75, 3.05) is 5.32 Å². The van der Waals surface area contributed by atoms with E-state index < -0.39 is 0 Å². The van der Waals surface area contributed by atoms with Crippen LogP contribution in [-0.2, 0) is 4.79 Å². The molecule has 3 nitrogen and oxygen atoms in total. The molecule has 0 radical (unpaired) electrons. The van der Waals surface area contributed by atoms with Gasteiger partial charge in [-0.3, -0.25) is 4.79 Å². The molecule has 0 aliphatic rings. The number of aryl methyl sites for hydroxylation is 1. The largest absolute Gasteiger partial charge is 0.302 e. The van der Waals surface area contributed by atoms with E-state index in [-0.39, 0.29) is 11.7 Å². The Hall–Kier alpha value is -1.75. The number of carbonyl (C=O) groups excluding carboxylic acids is 1. The molecule has 0 unspecified atom stereocenters. The maximum atomic E-state index is 12.9. The minimum Gasteiger partial charge on any atom is -0.302 e.